The van der Waals surface area contributed by atoms with Gasteiger partial charge in [0.1, 0.15) is 0 Å². The highest BCUT2D eigenvalue weighted by Crippen LogP contribution is 2.36. The SMILES string of the molecule is CCC[C@H](C(N)=O)[C@@H](CC1CCCC1)C(=O)NC1N=C(c2ccccc2)c2ccccc2N(Cc2cccc(-c3ccc(C(F)(F)F)cc3)c2)C1=O. The van der Waals surface area contributed by atoms with Crippen LogP contribution in [0.2, 0.25) is 0 Å². The minimum atomic E-state index is -4.44. The number of halogens is 3. The number of hydrogen-bond donors (Lipinski definition) is 2. The van der Waals surface area contributed by atoms with Crippen LogP contribution in [0.1, 0.15) is 74.1 Å². The Labute approximate surface area is 302 Å². The first kappa shape index (κ1) is 36.5. The molecule has 6 rings (SSSR count). The van der Waals surface area contributed by atoms with Crippen molar-refractivity contribution in [2.75, 3.05) is 4.90 Å². The molecule has 0 bridgehead atoms. The maximum atomic E-state index is 14.7. The number of carbonyl (C=O) groups excluding carboxylic acids is 3. The topological polar surface area (TPSA) is 105 Å². The number of benzodiazepines with no additional fused rings is 1. The Morgan fingerprint density at radius 3 is 2.21 bits per heavy atom. The van der Waals surface area contributed by atoms with E-state index in [0.29, 0.717) is 53.3 Å². The van der Waals surface area contributed by atoms with E-state index in [1.807, 2.05) is 73.7 Å². The largest absolute Gasteiger partial charge is 0.416 e. The van der Waals surface area contributed by atoms with Crippen molar-refractivity contribution in [2.24, 2.45) is 28.5 Å². The third-order valence-corrected chi connectivity index (χ3v) is 10.2. The number of fused-ring (bicyclic) bond motifs is 1. The lowest BCUT2D eigenvalue weighted by Gasteiger charge is -2.29. The first-order valence-electron chi connectivity index (χ1n) is 17.9. The fourth-order valence-corrected chi connectivity index (χ4v) is 7.55. The van der Waals surface area contributed by atoms with Gasteiger partial charge in [-0.1, -0.05) is 118 Å². The zero-order valence-electron chi connectivity index (χ0n) is 29.1. The Hall–Kier alpha value is -5.25. The number of rotatable bonds is 12. The molecule has 0 saturated heterocycles. The maximum Gasteiger partial charge on any atom is 0.416 e. The second-order valence-electron chi connectivity index (χ2n) is 13.8. The van der Waals surface area contributed by atoms with Gasteiger partial charge in [-0.3, -0.25) is 14.4 Å². The second kappa shape index (κ2) is 16.0. The highest BCUT2D eigenvalue weighted by Gasteiger charge is 2.39. The third kappa shape index (κ3) is 8.27. The number of amides is 3. The molecule has 2 aliphatic rings. The number of carbonyl (C=O) groups is 3. The van der Waals surface area contributed by atoms with E-state index in [4.69, 9.17) is 10.7 Å². The van der Waals surface area contributed by atoms with Gasteiger partial charge in [-0.05, 0) is 59.7 Å². The van der Waals surface area contributed by atoms with E-state index >= 15 is 0 Å². The smallest absolute Gasteiger partial charge is 0.369 e. The van der Waals surface area contributed by atoms with Crippen LogP contribution >= 0.6 is 0 Å². The van der Waals surface area contributed by atoms with Crippen molar-refractivity contribution >= 4 is 29.1 Å². The van der Waals surface area contributed by atoms with Gasteiger partial charge in [0.25, 0.3) is 5.91 Å². The van der Waals surface area contributed by atoms with Gasteiger partial charge in [0.15, 0.2) is 0 Å². The Morgan fingerprint density at radius 1 is 0.865 bits per heavy atom. The number of nitrogens with two attached hydrogens (primary N) is 1. The van der Waals surface area contributed by atoms with E-state index in [0.717, 1.165) is 48.9 Å². The standard InChI is InChI=1S/C42H43F3N4O3/c1-2-11-33(38(46)50)35(25-27-12-6-7-13-27)40(51)48-39-41(52)49(36-19-9-8-18-34(36)37(47-39)30-15-4-3-5-16-30)26-28-14-10-17-31(24-28)29-20-22-32(23-21-29)42(43,44)45/h3-5,8-10,14-24,27,33,35,39H,2,6-7,11-13,25-26H2,1H3,(H2,46,50)(H,48,51)/t33-,35+,39?/m0/s1. The first-order valence-corrected chi connectivity index (χ1v) is 17.9. The van der Waals surface area contributed by atoms with Gasteiger partial charge in [0, 0.05) is 23.0 Å². The van der Waals surface area contributed by atoms with Crippen molar-refractivity contribution in [3.05, 3.63) is 125 Å². The molecule has 52 heavy (non-hydrogen) atoms. The number of aliphatic imine (C=N–C) groups is 1. The molecular weight excluding hydrogens is 665 g/mol. The van der Waals surface area contributed by atoms with Crippen LogP contribution in [0, 0.1) is 17.8 Å². The van der Waals surface area contributed by atoms with Crippen LogP contribution in [0.3, 0.4) is 0 Å². The molecule has 7 nitrogen and oxygen atoms in total. The molecule has 3 amide bonds. The molecule has 1 unspecified atom stereocenters. The highest BCUT2D eigenvalue weighted by molar-refractivity contribution is 6.20. The van der Waals surface area contributed by atoms with Gasteiger partial charge < -0.3 is 16.0 Å². The maximum absolute atomic E-state index is 14.7. The average Bonchev–Trinajstić information content (AvgIpc) is 3.63. The van der Waals surface area contributed by atoms with Gasteiger partial charge in [-0.15, -0.1) is 0 Å². The van der Waals surface area contributed by atoms with Crippen LogP contribution in [0.25, 0.3) is 11.1 Å². The number of primary amides is 1. The molecule has 1 saturated carbocycles. The van der Waals surface area contributed by atoms with Gasteiger partial charge in [0.2, 0.25) is 18.0 Å². The molecule has 0 spiro atoms. The first-order chi connectivity index (χ1) is 25.0. The van der Waals surface area contributed by atoms with E-state index in [1.165, 1.54) is 12.1 Å². The van der Waals surface area contributed by atoms with Crippen LogP contribution in [-0.2, 0) is 27.1 Å². The van der Waals surface area contributed by atoms with Crippen LogP contribution in [0.4, 0.5) is 18.9 Å². The predicted octanol–water partition coefficient (Wildman–Crippen LogP) is 8.30. The van der Waals surface area contributed by atoms with Gasteiger partial charge in [0.05, 0.1) is 23.5 Å². The highest BCUT2D eigenvalue weighted by atomic mass is 19.4. The number of para-hydroxylation sites is 1. The van der Waals surface area contributed by atoms with Gasteiger partial charge in [-0.25, -0.2) is 4.99 Å². The summed E-state index contributed by atoms with van der Waals surface area (Å²) in [5.74, 6) is -2.50. The zero-order valence-corrected chi connectivity index (χ0v) is 29.1. The summed E-state index contributed by atoms with van der Waals surface area (Å²) >= 11 is 0. The van der Waals surface area contributed by atoms with Crippen molar-refractivity contribution in [1.29, 1.82) is 0 Å². The van der Waals surface area contributed by atoms with Crippen molar-refractivity contribution in [3.8, 4) is 11.1 Å². The lowest BCUT2D eigenvalue weighted by atomic mass is 9.80. The average molecular weight is 709 g/mol. The second-order valence-corrected chi connectivity index (χ2v) is 13.8. The molecule has 1 aliphatic carbocycles. The van der Waals surface area contributed by atoms with E-state index in [9.17, 15) is 27.6 Å². The Morgan fingerprint density at radius 2 is 1.54 bits per heavy atom. The Kier molecular flexibility index (Phi) is 11.2. The number of alkyl halides is 3. The normalized spacial score (nSPS) is 17.5. The summed E-state index contributed by atoms with van der Waals surface area (Å²) < 4.78 is 39.7. The number of nitrogens with one attached hydrogen (secondary N) is 1. The molecule has 3 atom stereocenters. The van der Waals surface area contributed by atoms with Crippen LogP contribution < -0.4 is 16.0 Å². The Balaban J connectivity index is 1.38. The molecule has 1 aliphatic heterocycles. The lowest BCUT2D eigenvalue weighted by Crippen LogP contribution is -2.50. The van der Waals surface area contributed by atoms with Crippen molar-refractivity contribution in [2.45, 2.75) is 70.8 Å². The number of anilines is 1. The van der Waals surface area contributed by atoms with Crippen molar-refractivity contribution in [3.63, 3.8) is 0 Å². The molecule has 4 aromatic rings. The van der Waals surface area contributed by atoms with Crippen LogP contribution in [0.5, 0.6) is 0 Å². The third-order valence-electron chi connectivity index (χ3n) is 10.2. The van der Waals surface area contributed by atoms with Crippen molar-refractivity contribution in [1.82, 2.24) is 5.32 Å². The van der Waals surface area contributed by atoms with E-state index in [2.05, 4.69) is 5.32 Å². The summed E-state index contributed by atoms with van der Waals surface area (Å²) in [6.07, 6.45) is 0.00896. The molecule has 4 aromatic carbocycles. The number of hydrogen-bond acceptors (Lipinski definition) is 4. The van der Waals surface area contributed by atoms with Crippen LogP contribution in [-0.4, -0.2) is 29.6 Å². The fourth-order valence-electron chi connectivity index (χ4n) is 7.55. The monoisotopic (exact) mass is 708 g/mol. The lowest BCUT2D eigenvalue weighted by molar-refractivity contribution is -0.137. The summed E-state index contributed by atoms with van der Waals surface area (Å²) in [6.45, 7) is 2.05. The molecule has 10 heteroatoms. The summed E-state index contributed by atoms with van der Waals surface area (Å²) in [6, 6.07) is 29.1. The van der Waals surface area contributed by atoms with E-state index in [-0.39, 0.29) is 6.54 Å². The minimum Gasteiger partial charge on any atom is -0.369 e. The predicted molar refractivity (Wildman–Crippen MR) is 196 cm³/mol. The fraction of sp³-hybridized carbons (Fsp3) is 0.333. The summed E-state index contributed by atoms with van der Waals surface area (Å²) in [7, 11) is 0. The quantitative estimate of drug-likeness (QED) is 0.155. The van der Waals surface area contributed by atoms with E-state index < -0.39 is 47.5 Å². The minimum absolute atomic E-state index is 0.0968. The van der Waals surface area contributed by atoms with E-state index in [1.54, 1.807) is 17.0 Å². The number of benzene rings is 4. The molecule has 1 heterocycles. The molecule has 270 valence electrons. The summed E-state index contributed by atoms with van der Waals surface area (Å²) in [5, 5.41) is 2.96. The Bertz CT molecular complexity index is 1920. The summed E-state index contributed by atoms with van der Waals surface area (Å²) in [5.41, 5.74) is 9.76. The molecule has 3 N–H and O–H groups in total. The van der Waals surface area contributed by atoms with Crippen LogP contribution in [0.15, 0.2) is 108 Å². The number of nitrogens with zero attached hydrogens (tertiary/aromatic N) is 2. The van der Waals surface area contributed by atoms with Gasteiger partial charge >= 0.3 is 6.18 Å². The summed E-state index contributed by atoms with van der Waals surface area (Å²) in [4.78, 5) is 48.3. The van der Waals surface area contributed by atoms with Crippen molar-refractivity contribution < 1.29 is 27.6 Å². The molecule has 0 radical (unpaired) electrons. The molecular formula is C42H43F3N4O3. The molecule has 1 fully saturated rings. The van der Waals surface area contributed by atoms with Gasteiger partial charge in [-0.2, -0.15) is 13.2 Å². The zero-order chi connectivity index (χ0) is 36.8. The molecule has 0 aromatic heterocycles.